The van der Waals surface area contributed by atoms with Crippen molar-refractivity contribution in [1.29, 1.82) is 0 Å². The predicted octanol–water partition coefficient (Wildman–Crippen LogP) is 2.57. The Hall–Kier alpha value is -3.18. The summed E-state index contributed by atoms with van der Waals surface area (Å²) in [5.41, 5.74) is 0.340. The molecule has 11 heteroatoms. The van der Waals surface area contributed by atoms with Gasteiger partial charge in [0, 0.05) is 25.0 Å². The zero-order chi connectivity index (χ0) is 25.6. The first-order chi connectivity index (χ1) is 17.2. The van der Waals surface area contributed by atoms with Crippen molar-refractivity contribution in [3.63, 3.8) is 0 Å². The van der Waals surface area contributed by atoms with Crippen LogP contribution in [0.1, 0.15) is 47.2 Å². The number of amides is 1. The Morgan fingerprint density at radius 2 is 2.06 bits per heavy atom. The van der Waals surface area contributed by atoms with Gasteiger partial charge in [0.05, 0.1) is 23.6 Å². The van der Waals surface area contributed by atoms with Gasteiger partial charge in [0.15, 0.2) is 0 Å². The number of aromatic carboxylic acids is 1. The fourth-order valence-corrected chi connectivity index (χ4v) is 6.48. The molecule has 0 aromatic heterocycles. The minimum absolute atomic E-state index is 0.0164. The van der Waals surface area contributed by atoms with Crippen molar-refractivity contribution < 1.29 is 32.2 Å². The monoisotopic (exact) mass is 517 g/mol. The van der Waals surface area contributed by atoms with Crippen LogP contribution in [-0.4, -0.2) is 62.6 Å². The largest absolute Gasteiger partial charge is 0.492 e. The highest BCUT2D eigenvalue weighted by atomic mass is 32.2. The zero-order valence-electron chi connectivity index (χ0n) is 19.8. The maximum Gasteiger partial charge on any atom is 0.341 e. The second-order valence-electron chi connectivity index (χ2n) is 9.61. The number of nitrogens with zero attached hydrogens (tertiary/aromatic N) is 1. The highest BCUT2D eigenvalue weighted by Gasteiger charge is 2.45. The summed E-state index contributed by atoms with van der Waals surface area (Å²) in [6.45, 7) is 4.87. The van der Waals surface area contributed by atoms with E-state index in [1.165, 1.54) is 6.07 Å². The maximum absolute atomic E-state index is 14.1. The third kappa shape index (κ3) is 4.77. The number of carboxylic acid groups (broad SMARTS) is 1. The number of hydrogen-bond donors (Lipinski definition) is 3. The summed E-state index contributed by atoms with van der Waals surface area (Å²) in [5.74, 6) is -1.64. The molecule has 2 aromatic rings. The van der Waals surface area contributed by atoms with Crippen molar-refractivity contribution in [3.05, 3.63) is 52.8 Å². The van der Waals surface area contributed by atoms with Crippen molar-refractivity contribution >= 4 is 27.6 Å². The Morgan fingerprint density at radius 3 is 2.78 bits per heavy atom. The first kappa shape index (κ1) is 24.5. The Bertz CT molecular complexity index is 1330. The normalized spacial score (nSPS) is 22.8. The lowest BCUT2D eigenvalue weighted by Crippen LogP contribution is -2.38. The number of carboxylic acids is 1. The molecule has 2 fully saturated rings. The molecule has 0 spiro atoms. The fraction of sp³-hybridized carbons (Fsp3) is 0.440. The van der Waals surface area contributed by atoms with Crippen LogP contribution in [0.2, 0.25) is 0 Å². The smallest absolute Gasteiger partial charge is 0.341 e. The molecule has 2 heterocycles. The highest BCUT2D eigenvalue weighted by molar-refractivity contribution is 7.92. The van der Waals surface area contributed by atoms with Crippen LogP contribution in [0.5, 0.6) is 5.75 Å². The van der Waals surface area contributed by atoms with Gasteiger partial charge in [-0.15, -0.1) is 0 Å². The Labute approximate surface area is 208 Å². The average molecular weight is 518 g/mol. The number of fused-ring (bicyclic) bond motifs is 3. The SMILES string of the molecule is CCN1CC[C@@H](NC(=O)Cc2cc(F)ccc2S(=O)(=O)Nc2ccc3c(c2C(=O)O)OC[C@H]2C[C@@H]32)C1. The highest BCUT2D eigenvalue weighted by Crippen LogP contribution is 2.55. The molecule has 192 valence electrons. The Balaban J connectivity index is 1.40. The van der Waals surface area contributed by atoms with Crippen molar-refractivity contribution in [3.8, 4) is 5.75 Å². The number of anilines is 1. The number of likely N-dealkylation sites (tertiary alicyclic amines) is 1. The van der Waals surface area contributed by atoms with Gasteiger partial charge < -0.3 is 20.1 Å². The number of nitrogens with one attached hydrogen (secondary N) is 2. The van der Waals surface area contributed by atoms with Gasteiger partial charge in [-0.05, 0) is 60.7 Å². The van der Waals surface area contributed by atoms with Gasteiger partial charge >= 0.3 is 5.97 Å². The number of ether oxygens (including phenoxy) is 1. The topological polar surface area (TPSA) is 125 Å². The summed E-state index contributed by atoms with van der Waals surface area (Å²) in [6.07, 6.45) is 1.36. The Kier molecular flexibility index (Phi) is 6.37. The van der Waals surface area contributed by atoms with Crippen LogP contribution < -0.4 is 14.8 Å². The average Bonchev–Trinajstić information content (AvgIpc) is 3.48. The van der Waals surface area contributed by atoms with E-state index in [9.17, 15) is 27.5 Å². The van der Waals surface area contributed by atoms with Crippen molar-refractivity contribution in [2.24, 2.45) is 5.92 Å². The van der Waals surface area contributed by atoms with Gasteiger partial charge in [0.25, 0.3) is 10.0 Å². The summed E-state index contributed by atoms with van der Waals surface area (Å²) in [4.78, 5) is 26.7. The van der Waals surface area contributed by atoms with Crippen LogP contribution >= 0.6 is 0 Å². The molecule has 3 atom stereocenters. The summed E-state index contributed by atoms with van der Waals surface area (Å²) in [5, 5.41) is 12.7. The number of halogens is 1. The lowest BCUT2D eigenvalue weighted by atomic mass is 10.0. The zero-order valence-corrected chi connectivity index (χ0v) is 20.6. The number of likely N-dealkylation sites (N-methyl/N-ethyl adjacent to an activating group) is 1. The second-order valence-corrected chi connectivity index (χ2v) is 11.3. The van der Waals surface area contributed by atoms with Gasteiger partial charge in [-0.2, -0.15) is 0 Å². The standard InChI is InChI=1S/C25H28FN3O6S/c1-2-29-8-7-17(12-29)27-22(30)11-14-9-16(26)3-6-21(14)36(33,34)28-20-5-4-18-19-10-15(19)13-35-24(18)23(20)25(31)32/h3-6,9,15,17,19,28H,2,7-8,10-13H2,1H3,(H,27,30)(H,31,32)/t15-,17-,19-/m1/s1. The summed E-state index contributed by atoms with van der Waals surface area (Å²) < 4.78 is 48.8. The molecule has 1 aliphatic carbocycles. The van der Waals surface area contributed by atoms with Crippen LogP contribution in [0.25, 0.3) is 0 Å². The minimum Gasteiger partial charge on any atom is -0.492 e. The first-order valence-electron chi connectivity index (χ1n) is 12.0. The van der Waals surface area contributed by atoms with Crippen LogP contribution in [0.3, 0.4) is 0 Å². The molecule has 1 saturated carbocycles. The minimum atomic E-state index is -4.36. The molecule has 3 N–H and O–H groups in total. The number of rotatable bonds is 8. The second kappa shape index (κ2) is 9.36. The molecule has 5 rings (SSSR count). The quantitative estimate of drug-likeness (QED) is 0.492. The van der Waals surface area contributed by atoms with E-state index in [-0.39, 0.29) is 45.8 Å². The van der Waals surface area contributed by atoms with E-state index in [0.29, 0.717) is 19.1 Å². The van der Waals surface area contributed by atoms with Gasteiger partial charge in [-0.25, -0.2) is 17.6 Å². The molecular formula is C25H28FN3O6S. The van der Waals surface area contributed by atoms with E-state index < -0.39 is 27.7 Å². The van der Waals surface area contributed by atoms with Gasteiger partial charge in [-0.1, -0.05) is 13.0 Å². The molecular weight excluding hydrogens is 489 g/mol. The predicted molar refractivity (Wildman–Crippen MR) is 129 cm³/mol. The molecule has 9 nitrogen and oxygen atoms in total. The van der Waals surface area contributed by atoms with Gasteiger partial charge in [0.2, 0.25) is 5.91 Å². The first-order valence-corrected chi connectivity index (χ1v) is 13.5. The van der Waals surface area contributed by atoms with Crippen molar-refractivity contribution in [2.45, 2.75) is 43.0 Å². The van der Waals surface area contributed by atoms with Crippen molar-refractivity contribution in [2.75, 3.05) is 31.0 Å². The van der Waals surface area contributed by atoms with Crippen LogP contribution in [0.4, 0.5) is 10.1 Å². The fourth-order valence-electron chi connectivity index (χ4n) is 5.18. The van der Waals surface area contributed by atoms with Gasteiger partial charge in [-0.3, -0.25) is 9.52 Å². The van der Waals surface area contributed by atoms with E-state index >= 15 is 0 Å². The summed E-state index contributed by atoms with van der Waals surface area (Å²) in [6, 6.07) is 6.14. The third-order valence-corrected chi connectivity index (χ3v) is 8.62. The maximum atomic E-state index is 14.1. The van der Waals surface area contributed by atoms with Crippen LogP contribution in [0, 0.1) is 11.7 Å². The molecule has 2 aliphatic heterocycles. The number of benzene rings is 2. The van der Waals surface area contributed by atoms with Gasteiger partial charge in [0.1, 0.15) is 17.1 Å². The molecule has 36 heavy (non-hydrogen) atoms. The summed E-state index contributed by atoms with van der Waals surface area (Å²) in [7, 11) is -4.36. The number of carbonyl (C=O) groups excluding carboxylic acids is 1. The molecule has 0 bridgehead atoms. The van der Waals surface area contributed by atoms with E-state index in [2.05, 4.69) is 14.9 Å². The molecule has 3 aliphatic rings. The lowest BCUT2D eigenvalue weighted by Gasteiger charge is -2.21. The number of sulfonamides is 1. The molecule has 2 aromatic carbocycles. The lowest BCUT2D eigenvalue weighted by molar-refractivity contribution is -0.121. The third-order valence-electron chi connectivity index (χ3n) is 7.16. The van der Waals surface area contributed by atoms with Crippen LogP contribution in [0.15, 0.2) is 35.2 Å². The van der Waals surface area contributed by atoms with E-state index in [0.717, 1.165) is 49.7 Å². The van der Waals surface area contributed by atoms with Crippen molar-refractivity contribution in [1.82, 2.24) is 10.2 Å². The molecule has 1 saturated heterocycles. The molecule has 0 radical (unpaired) electrons. The number of carbonyl (C=O) groups is 2. The molecule has 0 unspecified atom stereocenters. The van der Waals surface area contributed by atoms with E-state index in [1.54, 1.807) is 6.07 Å². The summed E-state index contributed by atoms with van der Waals surface area (Å²) >= 11 is 0. The Morgan fingerprint density at radius 1 is 1.25 bits per heavy atom. The number of hydrogen-bond acceptors (Lipinski definition) is 6. The van der Waals surface area contributed by atoms with Crippen LogP contribution in [-0.2, 0) is 21.2 Å². The molecule has 1 amide bonds. The van der Waals surface area contributed by atoms with E-state index in [1.807, 2.05) is 6.92 Å². The van der Waals surface area contributed by atoms with E-state index in [4.69, 9.17) is 4.74 Å².